The standard InChI is InChI=1S/C14H18N2O5S/c1-8(9-4-3-5-10(6-9)22(15,20)21)16(2)13(17)11-7-12(11)14(18)19/h3-6,8,11-12H,7H2,1-2H3,(H,18,19)(H2,15,20,21). The quantitative estimate of drug-likeness (QED) is 0.820. The summed E-state index contributed by atoms with van der Waals surface area (Å²) in [7, 11) is -2.23. The number of nitrogens with zero attached hydrogens (tertiary/aromatic N) is 1. The molecule has 1 fully saturated rings. The van der Waals surface area contributed by atoms with Crippen molar-refractivity contribution in [1.29, 1.82) is 0 Å². The minimum absolute atomic E-state index is 0.0208. The van der Waals surface area contributed by atoms with Gasteiger partial charge in [0.25, 0.3) is 0 Å². The Morgan fingerprint density at radius 2 is 2.00 bits per heavy atom. The van der Waals surface area contributed by atoms with Crippen molar-refractivity contribution in [2.45, 2.75) is 24.3 Å². The summed E-state index contributed by atoms with van der Waals surface area (Å²) in [6.07, 6.45) is 0.350. The predicted octanol–water partition coefficient (Wildman–Crippen LogP) is 0.574. The Kier molecular flexibility index (Phi) is 4.25. The highest BCUT2D eigenvalue weighted by molar-refractivity contribution is 7.89. The number of benzene rings is 1. The minimum atomic E-state index is -3.81. The topological polar surface area (TPSA) is 118 Å². The van der Waals surface area contributed by atoms with Gasteiger partial charge in [-0.05, 0) is 31.0 Å². The lowest BCUT2D eigenvalue weighted by Crippen LogP contribution is -2.32. The zero-order valence-corrected chi connectivity index (χ0v) is 13.1. The van der Waals surface area contributed by atoms with Crippen LogP contribution in [0, 0.1) is 11.8 Å². The lowest BCUT2D eigenvalue weighted by atomic mass is 10.1. The van der Waals surface area contributed by atoms with Crippen molar-refractivity contribution >= 4 is 21.9 Å². The van der Waals surface area contributed by atoms with Crippen LogP contribution in [0.5, 0.6) is 0 Å². The smallest absolute Gasteiger partial charge is 0.307 e. The molecule has 0 spiro atoms. The van der Waals surface area contributed by atoms with E-state index in [0.29, 0.717) is 12.0 Å². The lowest BCUT2D eigenvalue weighted by Gasteiger charge is -2.25. The zero-order chi connectivity index (χ0) is 16.7. The summed E-state index contributed by atoms with van der Waals surface area (Å²) in [5.74, 6) is -2.32. The highest BCUT2D eigenvalue weighted by Crippen LogP contribution is 2.41. The number of primary sulfonamides is 1. The summed E-state index contributed by atoms with van der Waals surface area (Å²) in [4.78, 5) is 24.5. The molecule has 8 heteroatoms. The van der Waals surface area contributed by atoms with Gasteiger partial charge in [-0.3, -0.25) is 9.59 Å². The molecule has 1 saturated carbocycles. The third-order valence-electron chi connectivity index (χ3n) is 4.02. The van der Waals surface area contributed by atoms with Gasteiger partial charge in [0, 0.05) is 7.05 Å². The molecule has 7 nitrogen and oxygen atoms in total. The number of carbonyl (C=O) groups is 2. The normalized spacial score (nSPS) is 22.0. The van der Waals surface area contributed by atoms with Crippen LogP contribution in [-0.4, -0.2) is 37.3 Å². The van der Waals surface area contributed by atoms with Crippen LogP contribution in [0.15, 0.2) is 29.2 Å². The number of carboxylic acid groups (broad SMARTS) is 1. The number of aliphatic carboxylic acids is 1. The minimum Gasteiger partial charge on any atom is -0.481 e. The van der Waals surface area contributed by atoms with Crippen molar-refractivity contribution in [1.82, 2.24) is 4.90 Å². The molecule has 0 saturated heterocycles. The molecule has 0 aliphatic heterocycles. The van der Waals surface area contributed by atoms with Crippen LogP contribution in [0.3, 0.4) is 0 Å². The Balaban J connectivity index is 2.16. The van der Waals surface area contributed by atoms with Crippen molar-refractivity contribution in [3.8, 4) is 0 Å². The van der Waals surface area contributed by atoms with E-state index in [1.807, 2.05) is 0 Å². The number of nitrogens with two attached hydrogens (primary N) is 1. The molecule has 3 N–H and O–H groups in total. The Labute approximate surface area is 128 Å². The average Bonchev–Trinajstić information content (AvgIpc) is 3.24. The number of amides is 1. The second-order valence-electron chi connectivity index (χ2n) is 5.53. The first-order valence-corrected chi connectivity index (χ1v) is 8.29. The van der Waals surface area contributed by atoms with Crippen LogP contribution in [0.4, 0.5) is 0 Å². The molecule has 1 aromatic rings. The monoisotopic (exact) mass is 326 g/mol. The molecule has 0 heterocycles. The fourth-order valence-corrected chi connectivity index (χ4v) is 2.94. The van der Waals surface area contributed by atoms with E-state index in [4.69, 9.17) is 10.2 Å². The van der Waals surface area contributed by atoms with Gasteiger partial charge in [0.2, 0.25) is 15.9 Å². The van der Waals surface area contributed by atoms with Crippen molar-refractivity contribution in [2.75, 3.05) is 7.05 Å². The highest BCUT2D eigenvalue weighted by Gasteiger charge is 2.49. The Hall–Kier alpha value is -1.93. The number of hydrogen-bond donors (Lipinski definition) is 2. The van der Waals surface area contributed by atoms with E-state index in [0.717, 1.165) is 0 Å². The molecule has 120 valence electrons. The van der Waals surface area contributed by atoms with Gasteiger partial charge in [-0.1, -0.05) is 12.1 Å². The van der Waals surface area contributed by atoms with Crippen molar-refractivity contribution in [3.63, 3.8) is 0 Å². The van der Waals surface area contributed by atoms with Crippen LogP contribution < -0.4 is 5.14 Å². The van der Waals surface area contributed by atoms with Gasteiger partial charge in [0.1, 0.15) is 0 Å². The second-order valence-corrected chi connectivity index (χ2v) is 7.09. The van der Waals surface area contributed by atoms with Gasteiger partial charge < -0.3 is 10.0 Å². The molecule has 1 aliphatic carbocycles. The molecular weight excluding hydrogens is 308 g/mol. The maximum atomic E-state index is 12.2. The van der Waals surface area contributed by atoms with Crippen LogP contribution in [0.1, 0.15) is 24.9 Å². The maximum Gasteiger partial charge on any atom is 0.307 e. The van der Waals surface area contributed by atoms with Gasteiger partial charge in [0.15, 0.2) is 0 Å². The number of sulfonamides is 1. The van der Waals surface area contributed by atoms with Crippen LogP contribution in [0.2, 0.25) is 0 Å². The van der Waals surface area contributed by atoms with E-state index >= 15 is 0 Å². The van der Waals surface area contributed by atoms with Gasteiger partial charge in [-0.25, -0.2) is 13.6 Å². The van der Waals surface area contributed by atoms with Crippen molar-refractivity contribution in [3.05, 3.63) is 29.8 Å². The molecule has 3 unspecified atom stereocenters. The number of rotatable bonds is 5. The van der Waals surface area contributed by atoms with Gasteiger partial charge in [-0.2, -0.15) is 0 Å². The van der Waals surface area contributed by atoms with Gasteiger partial charge in [0.05, 0.1) is 22.8 Å². The van der Waals surface area contributed by atoms with E-state index < -0.39 is 27.8 Å². The third-order valence-corrected chi connectivity index (χ3v) is 4.93. The average molecular weight is 326 g/mol. The summed E-state index contributed by atoms with van der Waals surface area (Å²) < 4.78 is 22.8. The molecule has 0 aromatic heterocycles. The molecule has 2 rings (SSSR count). The molecule has 3 atom stereocenters. The number of carbonyl (C=O) groups excluding carboxylic acids is 1. The summed E-state index contributed by atoms with van der Waals surface area (Å²) in [5, 5.41) is 14.0. The molecule has 0 radical (unpaired) electrons. The first-order valence-electron chi connectivity index (χ1n) is 6.75. The van der Waals surface area contributed by atoms with Crippen LogP contribution >= 0.6 is 0 Å². The van der Waals surface area contributed by atoms with Gasteiger partial charge in [-0.15, -0.1) is 0 Å². The van der Waals surface area contributed by atoms with Crippen LogP contribution in [0.25, 0.3) is 0 Å². The molecule has 1 aliphatic rings. The summed E-state index contributed by atoms with van der Waals surface area (Å²) in [6, 6.07) is 5.68. The predicted molar refractivity (Wildman–Crippen MR) is 78.2 cm³/mol. The molecule has 0 bridgehead atoms. The number of carboxylic acids is 1. The Bertz CT molecular complexity index is 716. The first kappa shape index (κ1) is 16.4. The molecule has 22 heavy (non-hydrogen) atoms. The fraction of sp³-hybridized carbons (Fsp3) is 0.429. The Morgan fingerprint density at radius 3 is 2.50 bits per heavy atom. The Morgan fingerprint density at radius 1 is 1.36 bits per heavy atom. The van der Waals surface area contributed by atoms with E-state index in [2.05, 4.69) is 0 Å². The van der Waals surface area contributed by atoms with E-state index in [1.54, 1.807) is 26.1 Å². The van der Waals surface area contributed by atoms with E-state index in [-0.39, 0.29) is 16.8 Å². The fourth-order valence-electron chi connectivity index (χ4n) is 2.37. The lowest BCUT2D eigenvalue weighted by molar-refractivity contribution is -0.142. The van der Waals surface area contributed by atoms with Crippen molar-refractivity contribution in [2.24, 2.45) is 17.0 Å². The highest BCUT2D eigenvalue weighted by atomic mass is 32.2. The first-order chi connectivity index (χ1) is 10.1. The van der Waals surface area contributed by atoms with Crippen molar-refractivity contribution < 1.29 is 23.1 Å². The zero-order valence-electron chi connectivity index (χ0n) is 12.3. The van der Waals surface area contributed by atoms with Gasteiger partial charge >= 0.3 is 5.97 Å². The summed E-state index contributed by atoms with van der Waals surface area (Å²) in [6.45, 7) is 1.75. The summed E-state index contributed by atoms with van der Waals surface area (Å²) in [5.41, 5.74) is 0.620. The van der Waals surface area contributed by atoms with Crippen LogP contribution in [-0.2, 0) is 19.6 Å². The third kappa shape index (κ3) is 3.28. The molecular formula is C14H18N2O5S. The molecule has 1 amide bonds. The van der Waals surface area contributed by atoms with E-state index in [1.165, 1.54) is 17.0 Å². The second kappa shape index (κ2) is 5.69. The summed E-state index contributed by atoms with van der Waals surface area (Å²) >= 11 is 0. The number of hydrogen-bond acceptors (Lipinski definition) is 4. The molecule has 1 aromatic carbocycles. The largest absolute Gasteiger partial charge is 0.481 e. The van der Waals surface area contributed by atoms with E-state index in [9.17, 15) is 18.0 Å². The SMILES string of the molecule is CC(c1cccc(S(N)(=O)=O)c1)N(C)C(=O)C1CC1C(=O)O. The maximum absolute atomic E-state index is 12.2.